The van der Waals surface area contributed by atoms with E-state index in [-0.39, 0.29) is 31.1 Å². The molecule has 0 radical (unpaired) electrons. The zero-order valence-corrected chi connectivity index (χ0v) is 19.8. The predicted molar refractivity (Wildman–Crippen MR) is 123 cm³/mol. The third kappa shape index (κ3) is 7.00. The normalized spacial score (nSPS) is 13.8. The molecule has 0 saturated heterocycles. The summed E-state index contributed by atoms with van der Waals surface area (Å²) in [7, 11) is 1.54. The Morgan fingerprint density at radius 2 is 1.55 bits per heavy atom. The van der Waals surface area contributed by atoms with Gasteiger partial charge in [-0.05, 0) is 58.0 Å². The third-order valence-electron chi connectivity index (χ3n) is 4.64. The first-order valence-corrected chi connectivity index (χ1v) is 11.0. The van der Waals surface area contributed by atoms with E-state index >= 15 is 0 Å². The maximum absolute atomic E-state index is 9.69. The Balaban J connectivity index is 2.08. The van der Waals surface area contributed by atoms with Gasteiger partial charge in [0, 0.05) is 12.5 Å². The van der Waals surface area contributed by atoms with E-state index in [0.29, 0.717) is 5.75 Å². The summed E-state index contributed by atoms with van der Waals surface area (Å²) in [6.07, 6.45) is -1.33. The van der Waals surface area contributed by atoms with Crippen LogP contribution in [0.15, 0.2) is 42.5 Å². The summed E-state index contributed by atoms with van der Waals surface area (Å²) in [5.41, 5.74) is 2.07. The molecule has 0 aromatic heterocycles. The highest BCUT2D eigenvalue weighted by atomic mass is 127. The highest BCUT2D eigenvalue weighted by Gasteiger charge is 2.24. The minimum Gasteiger partial charge on any atom is -0.491 e. The van der Waals surface area contributed by atoms with Gasteiger partial charge in [0.2, 0.25) is 0 Å². The Labute approximate surface area is 191 Å². The molecule has 0 bridgehead atoms. The van der Waals surface area contributed by atoms with Gasteiger partial charge in [0.1, 0.15) is 36.9 Å². The zero-order valence-electron chi connectivity index (χ0n) is 16.9. The van der Waals surface area contributed by atoms with Crippen LogP contribution in [0, 0.1) is 3.57 Å². The van der Waals surface area contributed by atoms with Gasteiger partial charge in [-0.15, -0.1) is 11.6 Å². The molecule has 2 aromatic carbocycles. The molecule has 2 atom stereocenters. The van der Waals surface area contributed by atoms with Crippen LogP contribution in [0.5, 0.6) is 11.5 Å². The zero-order chi connectivity index (χ0) is 21.4. The Hall–Kier alpha value is -1.06. The van der Waals surface area contributed by atoms with Crippen LogP contribution in [0.1, 0.15) is 25.0 Å². The van der Waals surface area contributed by atoms with Gasteiger partial charge in [-0.1, -0.05) is 32.0 Å². The molecule has 0 saturated carbocycles. The van der Waals surface area contributed by atoms with Crippen LogP contribution >= 0.6 is 34.2 Å². The van der Waals surface area contributed by atoms with E-state index in [1.54, 1.807) is 7.11 Å². The maximum atomic E-state index is 9.69. The van der Waals surface area contributed by atoms with Crippen molar-refractivity contribution in [2.45, 2.75) is 31.5 Å². The molecular formula is C22H28ClIO5. The van der Waals surface area contributed by atoms with Crippen LogP contribution in [0.2, 0.25) is 0 Å². The van der Waals surface area contributed by atoms with E-state index in [1.807, 2.05) is 36.4 Å². The Morgan fingerprint density at radius 1 is 0.931 bits per heavy atom. The quantitative estimate of drug-likeness (QED) is 0.337. The minimum atomic E-state index is -0.681. The average Bonchev–Trinajstić information content (AvgIpc) is 2.71. The van der Waals surface area contributed by atoms with E-state index in [9.17, 15) is 10.2 Å². The summed E-state index contributed by atoms with van der Waals surface area (Å²) in [6.45, 7) is 4.93. The lowest BCUT2D eigenvalue weighted by Gasteiger charge is -2.27. The number of methoxy groups -OCH3 is 1. The lowest BCUT2D eigenvalue weighted by molar-refractivity contribution is 0.0325. The molecule has 0 unspecified atom stereocenters. The van der Waals surface area contributed by atoms with Crippen LogP contribution in [0.4, 0.5) is 0 Å². The molecule has 2 rings (SSSR count). The largest absolute Gasteiger partial charge is 0.491 e. The SMILES string of the molecule is COC[C@H](O)COc1ccc(C(C)(C)c2ccc(OC[C@H](O)CCl)c(I)c2)cc1. The van der Waals surface area contributed by atoms with Crippen LogP contribution in [-0.4, -0.2) is 55.2 Å². The first kappa shape index (κ1) is 24.2. The van der Waals surface area contributed by atoms with Gasteiger partial charge in [-0.25, -0.2) is 0 Å². The number of aliphatic hydroxyl groups excluding tert-OH is 2. The number of aliphatic hydroxyl groups is 2. The number of ether oxygens (including phenoxy) is 3. The molecule has 0 heterocycles. The summed E-state index contributed by atoms with van der Waals surface area (Å²) in [4.78, 5) is 0. The molecule has 0 amide bonds. The first-order chi connectivity index (χ1) is 13.8. The topological polar surface area (TPSA) is 68.2 Å². The molecule has 2 N–H and O–H groups in total. The predicted octanol–water partition coefficient (Wildman–Crippen LogP) is 3.98. The summed E-state index contributed by atoms with van der Waals surface area (Å²) >= 11 is 7.85. The maximum Gasteiger partial charge on any atom is 0.132 e. The van der Waals surface area contributed by atoms with Crippen molar-refractivity contribution in [3.63, 3.8) is 0 Å². The summed E-state index contributed by atoms with van der Waals surface area (Å²) in [5.74, 6) is 1.58. The lowest BCUT2D eigenvalue weighted by atomic mass is 9.78. The van der Waals surface area contributed by atoms with Gasteiger partial charge >= 0.3 is 0 Å². The van der Waals surface area contributed by atoms with Crippen molar-refractivity contribution in [2.75, 3.05) is 32.8 Å². The van der Waals surface area contributed by atoms with Crippen LogP contribution in [0.25, 0.3) is 0 Å². The third-order valence-corrected chi connectivity index (χ3v) is 5.84. The molecule has 29 heavy (non-hydrogen) atoms. The fourth-order valence-electron chi connectivity index (χ4n) is 2.80. The van der Waals surface area contributed by atoms with Crippen molar-refractivity contribution < 1.29 is 24.4 Å². The minimum absolute atomic E-state index is 0.146. The number of benzene rings is 2. The van der Waals surface area contributed by atoms with E-state index < -0.39 is 12.2 Å². The van der Waals surface area contributed by atoms with Crippen molar-refractivity contribution in [1.29, 1.82) is 0 Å². The monoisotopic (exact) mass is 534 g/mol. The highest BCUT2D eigenvalue weighted by molar-refractivity contribution is 14.1. The number of alkyl halides is 1. The molecule has 2 aromatic rings. The Kier molecular flexibility index (Phi) is 9.49. The fraction of sp³-hybridized carbons (Fsp3) is 0.455. The van der Waals surface area contributed by atoms with Crippen molar-refractivity contribution in [1.82, 2.24) is 0 Å². The standard InChI is InChI=1S/C22H28ClIO5/c1-22(2,15-4-7-19(8-5-15)28-14-18(26)12-27-3)16-6-9-21(20(24)10-16)29-13-17(25)11-23/h4-10,17-18,25-26H,11-14H2,1-3H3/t17-,18+/m1/s1. The molecule has 0 aliphatic carbocycles. The second kappa shape index (κ2) is 11.4. The number of halogens is 2. The van der Waals surface area contributed by atoms with Gasteiger partial charge in [0.05, 0.1) is 16.1 Å². The second-order valence-electron chi connectivity index (χ2n) is 7.33. The lowest BCUT2D eigenvalue weighted by Crippen LogP contribution is -2.23. The van der Waals surface area contributed by atoms with E-state index in [1.165, 1.54) is 0 Å². The summed E-state index contributed by atoms with van der Waals surface area (Å²) in [6, 6.07) is 13.9. The molecule has 0 aliphatic heterocycles. The molecular weight excluding hydrogens is 507 g/mol. The smallest absolute Gasteiger partial charge is 0.132 e. The van der Waals surface area contributed by atoms with Gasteiger partial charge in [-0.3, -0.25) is 0 Å². The van der Waals surface area contributed by atoms with Crippen molar-refractivity contribution in [3.8, 4) is 11.5 Å². The van der Waals surface area contributed by atoms with Gasteiger partial charge in [0.25, 0.3) is 0 Å². The summed E-state index contributed by atoms with van der Waals surface area (Å²) in [5, 5.41) is 19.3. The van der Waals surface area contributed by atoms with E-state index in [2.05, 4.69) is 42.5 Å². The molecule has 0 spiro atoms. The Morgan fingerprint density at radius 3 is 2.14 bits per heavy atom. The van der Waals surface area contributed by atoms with Crippen molar-refractivity contribution >= 4 is 34.2 Å². The number of hydrogen-bond donors (Lipinski definition) is 2. The summed E-state index contributed by atoms with van der Waals surface area (Å²) < 4.78 is 17.1. The Bertz CT molecular complexity index is 766. The number of hydrogen-bond acceptors (Lipinski definition) is 5. The second-order valence-corrected chi connectivity index (χ2v) is 8.80. The first-order valence-electron chi connectivity index (χ1n) is 9.35. The van der Waals surface area contributed by atoms with Gasteiger partial charge in [-0.2, -0.15) is 0 Å². The highest BCUT2D eigenvalue weighted by Crippen LogP contribution is 2.35. The number of rotatable bonds is 11. The van der Waals surface area contributed by atoms with E-state index in [4.69, 9.17) is 25.8 Å². The van der Waals surface area contributed by atoms with Crippen LogP contribution in [-0.2, 0) is 10.2 Å². The van der Waals surface area contributed by atoms with Gasteiger partial charge in [0.15, 0.2) is 0 Å². The molecule has 0 fully saturated rings. The molecule has 7 heteroatoms. The molecule has 5 nitrogen and oxygen atoms in total. The van der Waals surface area contributed by atoms with E-state index in [0.717, 1.165) is 20.4 Å². The average molecular weight is 535 g/mol. The van der Waals surface area contributed by atoms with Crippen LogP contribution in [0.3, 0.4) is 0 Å². The van der Waals surface area contributed by atoms with Crippen molar-refractivity contribution in [3.05, 3.63) is 57.2 Å². The van der Waals surface area contributed by atoms with Gasteiger partial charge < -0.3 is 24.4 Å². The van der Waals surface area contributed by atoms with Crippen LogP contribution < -0.4 is 9.47 Å². The molecule has 160 valence electrons. The van der Waals surface area contributed by atoms with Crippen molar-refractivity contribution in [2.24, 2.45) is 0 Å². The molecule has 0 aliphatic rings. The fourth-order valence-corrected chi connectivity index (χ4v) is 3.56.